The first-order valence-electron chi connectivity index (χ1n) is 13.4. The SMILES string of the molecule is C[C@]12CC[C@H]3[C@@H](CCC4=C(c5ccccc5-c5ccco5)C(=O)CC[C@@H]43)[C@@H]1CC[C@@]2(O)/C=C/CO. The topological polar surface area (TPSA) is 70.7 Å². The molecule has 4 aliphatic rings. The minimum Gasteiger partial charge on any atom is -0.464 e. The number of Topliss-reactive ketones (excluding diaryl/α,β-unsaturated/α-hetero) is 1. The van der Waals surface area contributed by atoms with Gasteiger partial charge in [-0.2, -0.15) is 0 Å². The van der Waals surface area contributed by atoms with Gasteiger partial charge in [0.25, 0.3) is 0 Å². The highest BCUT2D eigenvalue weighted by atomic mass is 16.3. The largest absolute Gasteiger partial charge is 0.464 e. The van der Waals surface area contributed by atoms with Crippen molar-refractivity contribution >= 4 is 11.4 Å². The van der Waals surface area contributed by atoms with Crippen molar-refractivity contribution in [2.75, 3.05) is 6.61 Å². The van der Waals surface area contributed by atoms with Gasteiger partial charge in [-0.05, 0) is 86.3 Å². The van der Waals surface area contributed by atoms with Crippen LogP contribution in [-0.4, -0.2) is 28.2 Å². The lowest BCUT2D eigenvalue weighted by molar-refractivity contribution is -0.115. The molecule has 0 spiro atoms. The molecule has 0 amide bonds. The van der Waals surface area contributed by atoms with E-state index in [-0.39, 0.29) is 17.8 Å². The highest BCUT2D eigenvalue weighted by molar-refractivity contribution is 6.23. The van der Waals surface area contributed by atoms with Crippen LogP contribution in [0.15, 0.2) is 64.8 Å². The second-order valence-corrected chi connectivity index (χ2v) is 11.5. The molecule has 6 rings (SSSR count). The molecule has 3 saturated carbocycles. The second kappa shape index (κ2) is 8.60. The van der Waals surface area contributed by atoms with E-state index in [1.807, 2.05) is 30.3 Å². The average molecular weight is 473 g/mol. The third-order valence-electron chi connectivity index (χ3n) is 10.2. The zero-order valence-electron chi connectivity index (χ0n) is 20.6. The Morgan fingerprint density at radius 2 is 1.83 bits per heavy atom. The molecule has 0 bridgehead atoms. The first-order valence-corrected chi connectivity index (χ1v) is 13.4. The maximum absolute atomic E-state index is 13.4. The maximum atomic E-state index is 13.4. The Balaban J connectivity index is 1.37. The molecule has 0 radical (unpaired) electrons. The van der Waals surface area contributed by atoms with Crippen molar-refractivity contribution in [3.63, 3.8) is 0 Å². The lowest BCUT2D eigenvalue weighted by Gasteiger charge is -2.55. The predicted octanol–water partition coefficient (Wildman–Crippen LogP) is 6.20. The Kier molecular flexibility index (Phi) is 5.65. The van der Waals surface area contributed by atoms with Gasteiger partial charge in [-0.25, -0.2) is 0 Å². The van der Waals surface area contributed by atoms with Gasteiger partial charge < -0.3 is 14.6 Å². The molecule has 4 nitrogen and oxygen atoms in total. The molecule has 1 aromatic carbocycles. The van der Waals surface area contributed by atoms with Gasteiger partial charge in [0, 0.05) is 23.0 Å². The van der Waals surface area contributed by atoms with Crippen LogP contribution in [0.25, 0.3) is 16.9 Å². The molecule has 0 saturated heterocycles. The van der Waals surface area contributed by atoms with Crippen LogP contribution in [0.5, 0.6) is 0 Å². The van der Waals surface area contributed by atoms with Crippen molar-refractivity contribution in [2.45, 2.75) is 63.9 Å². The molecule has 4 aliphatic carbocycles. The number of aliphatic hydroxyl groups excluding tert-OH is 1. The number of allylic oxidation sites excluding steroid dienone is 1. The van der Waals surface area contributed by atoms with E-state index in [4.69, 9.17) is 4.42 Å². The zero-order chi connectivity index (χ0) is 24.2. The Hall–Kier alpha value is -2.43. The monoisotopic (exact) mass is 472 g/mol. The smallest absolute Gasteiger partial charge is 0.163 e. The number of hydrogen-bond acceptors (Lipinski definition) is 4. The molecule has 184 valence electrons. The van der Waals surface area contributed by atoms with E-state index in [0.29, 0.717) is 30.1 Å². The van der Waals surface area contributed by atoms with Gasteiger partial charge in [0.15, 0.2) is 5.78 Å². The number of hydrogen-bond donors (Lipinski definition) is 2. The Morgan fingerprint density at radius 3 is 2.60 bits per heavy atom. The van der Waals surface area contributed by atoms with Crippen LogP contribution in [0.4, 0.5) is 0 Å². The summed E-state index contributed by atoms with van der Waals surface area (Å²) < 4.78 is 5.74. The van der Waals surface area contributed by atoms with Crippen molar-refractivity contribution < 1.29 is 19.4 Å². The predicted molar refractivity (Wildman–Crippen MR) is 136 cm³/mol. The molecule has 4 heteroatoms. The van der Waals surface area contributed by atoms with Gasteiger partial charge in [-0.3, -0.25) is 4.79 Å². The van der Waals surface area contributed by atoms with Gasteiger partial charge in [-0.1, -0.05) is 48.9 Å². The van der Waals surface area contributed by atoms with Gasteiger partial charge >= 0.3 is 0 Å². The van der Waals surface area contributed by atoms with E-state index in [9.17, 15) is 15.0 Å². The number of carbonyl (C=O) groups excluding carboxylic acids is 1. The summed E-state index contributed by atoms with van der Waals surface area (Å²) in [6, 6.07) is 12.1. The number of aliphatic hydroxyl groups is 2. The summed E-state index contributed by atoms with van der Waals surface area (Å²) in [6.45, 7) is 2.25. The minimum absolute atomic E-state index is 0.0262. The van der Waals surface area contributed by atoms with Gasteiger partial charge in [0.05, 0.1) is 18.5 Å². The zero-order valence-corrected chi connectivity index (χ0v) is 20.6. The van der Waals surface area contributed by atoms with Crippen LogP contribution >= 0.6 is 0 Å². The van der Waals surface area contributed by atoms with E-state index in [1.165, 1.54) is 5.57 Å². The fraction of sp³-hybridized carbons (Fsp3) is 0.516. The quantitative estimate of drug-likeness (QED) is 0.520. The lowest BCUT2D eigenvalue weighted by atomic mass is 9.50. The molecular weight excluding hydrogens is 436 g/mol. The second-order valence-electron chi connectivity index (χ2n) is 11.5. The molecule has 1 aromatic heterocycles. The Bertz CT molecular complexity index is 1170. The fourth-order valence-corrected chi connectivity index (χ4v) is 8.53. The van der Waals surface area contributed by atoms with E-state index in [0.717, 1.165) is 67.4 Å². The Morgan fingerprint density at radius 1 is 1.00 bits per heavy atom. The van der Waals surface area contributed by atoms with Crippen molar-refractivity contribution in [3.05, 3.63) is 65.9 Å². The number of furan rings is 1. The van der Waals surface area contributed by atoms with E-state index in [1.54, 1.807) is 12.3 Å². The summed E-state index contributed by atoms with van der Waals surface area (Å²) in [5, 5.41) is 20.9. The standard InChI is InChI=1S/C31H36O4/c1-30-16-13-21-20-11-12-27(33)29(24-7-3-2-6-23(24)28-8-4-19-35-28)25(20)10-9-22(21)26(30)14-17-31(30,34)15-5-18-32/h2-8,15,19-22,26,32,34H,9-14,16-18H2,1H3/b15-5+/t20-,21-,22-,26+,30+,31+/m1/s1. The summed E-state index contributed by atoms with van der Waals surface area (Å²) in [6.07, 6.45) is 12.9. The summed E-state index contributed by atoms with van der Waals surface area (Å²) >= 11 is 0. The number of rotatable bonds is 4. The average Bonchev–Trinajstić information content (AvgIpc) is 3.49. The van der Waals surface area contributed by atoms with E-state index < -0.39 is 5.60 Å². The lowest BCUT2D eigenvalue weighted by Crippen LogP contribution is -2.52. The highest BCUT2D eigenvalue weighted by Gasteiger charge is 2.61. The van der Waals surface area contributed by atoms with Crippen LogP contribution in [0.2, 0.25) is 0 Å². The van der Waals surface area contributed by atoms with E-state index >= 15 is 0 Å². The molecule has 2 N–H and O–H groups in total. The fourth-order valence-electron chi connectivity index (χ4n) is 8.53. The molecule has 2 aromatic rings. The van der Waals surface area contributed by atoms with Crippen LogP contribution in [0.1, 0.15) is 63.9 Å². The summed E-state index contributed by atoms with van der Waals surface area (Å²) in [5.74, 6) is 3.21. The normalized spacial score (nSPS) is 36.8. The number of carbonyl (C=O) groups is 1. The van der Waals surface area contributed by atoms with Crippen LogP contribution in [0, 0.1) is 29.1 Å². The molecule has 0 unspecified atom stereocenters. The summed E-state index contributed by atoms with van der Waals surface area (Å²) in [7, 11) is 0. The number of benzene rings is 1. The molecule has 0 aliphatic heterocycles. The van der Waals surface area contributed by atoms with Gasteiger partial charge in [0.1, 0.15) is 5.76 Å². The molecule has 35 heavy (non-hydrogen) atoms. The van der Waals surface area contributed by atoms with Crippen molar-refractivity contribution in [3.8, 4) is 11.3 Å². The van der Waals surface area contributed by atoms with Crippen LogP contribution in [-0.2, 0) is 4.79 Å². The molecule has 1 heterocycles. The molecule has 3 fully saturated rings. The maximum Gasteiger partial charge on any atom is 0.163 e. The Labute approximate surface area is 207 Å². The van der Waals surface area contributed by atoms with E-state index in [2.05, 4.69) is 19.1 Å². The highest BCUT2D eigenvalue weighted by Crippen LogP contribution is 2.65. The van der Waals surface area contributed by atoms with Crippen molar-refractivity contribution in [2.24, 2.45) is 29.1 Å². The summed E-state index contributed by atoms with van der Waals surface area (Å²) in [5.41, 5.74) is 3.39. The third-order valence-corrected chi connectivity index (χ3v) is 10.2. The first kappa shape index (κ1) is 23.0. The minimum atomic E-state index is -0.822. The number of ketones is 1. The van der Waals surface area contributed by atoms with Crippen molar-refractivity contribution in [1.82, 2.24) is 0 Å². The molecule has 6 atom stereocenters. The van der Waals surface area contributed by atoms with Crippen molar-refractivity contribution in [1.29, 1.82) is 0 Å². The van der Waals surface area contributed by atoms with Gasteiger partial charge in [0.2, 0.25) is 0 Å². The van der Waals surface area contributed by atoms with Gasteiger partial charge in [-0.15, -0.1) is 0 Å². The number of fused-ring (bicyclic) bond motifs is 5. The third kappa shape index (κ3) is 3.44. The first-order chi connectivity index (χ1) is 17.0. The van der Waals surface area contributed by atoms with Crippen LogP contribution in [0.3, 0.4) is 0 Å². The van der Waals surface area contributed by atoms with Crippen LogP contribution < -0.4 is 0 Å². The molecular formula is C31H36O4. The summed E-state index contributed by atoms with van der Waals surface area (Å²) in [4.78, 5) is 13.4.